The monoisotopic (exact) mass is 494 g/mol. The summed E-state index contributed by atoms with van der Waals surface area (Å²) in [6, 6.07) is 0. The predicted octanol–water partition coefficient (Wildman–Crippen LogP) is 3.33. The zero-order valence-corrected chi connectivity index (χ0v) is 19.3. The number of hydrogen-bond acceptors (Lipinski definition) is 3. The van der Waals surface area contributed by atoms with Crippen LogP contribution in [0.15, 0.2) is 4.99 Å². The average molecular weight is 494 g/mol. The minimum atomic E-state index is 0. The second-order valence-corrected chi connectivity index (χ2v) is 9.15. The van der Waals surface area contributed by atoms with Crippen molar-refractivity contribution in [3.05, 3.63) is 0 Å². The summed E-state index contributed by atoms with van der Waals surface area (Å²) in [6.45, 7) is 7.92. The van der Waals surface area contributed by atoms with E-state index in [2.05, 4.69) is 28.9 Å². The molecule has 0 atom stereocenters. The Bertz CT molecular complexity index is 477. The highest BCUT2D eigenvalue weighted by Crippen LogP contribution is 2.42. The van der Waals surface area contributed by atoms with E-state index in [-0.39, 0.29) is 24.0 Å². The first-order valence-corrected chi connectivity index (χ1v) is 11.2. The maximum Gasteiger partial charge on any atom is 0.222 e. The lowest BCUT2D eigenvalue weighted by atomic mass is 9.87. The van der Waals surface area contributed by atoms with E-state index in [9.17, 15) is 4.79 Å². The standard InChI is InChI=1S/C19H34N4OS.HI/c1-2-20-18(21-11-7-13-22-12-6-8-17(22)24)23-14-15-25-19(16-23)9-4-3-5-10-19;/h2-16H2,1H3,(H,20,21);1H. The fourth-order valence-electron chi connectivity index (χ4n) is 4.34. The highest BCUT2D eigenvalue weighted by molar-refractivity contribution is 14.0. The Labute approximate surface area is 180 Å². The lowest BCUT2D eigenvalue weighted by Crippen LogP contribution is -2.53. The summed E-state index contributed by atoms with van der Waals surface area (Å²) < 4.78 is 0.467. The van der Waals surface area contributed by atoms with Crippen molar-refractivity contribution in [3.8, 4) is 0 Å². The van der Waals surface area contributed by atoms with E-state index in [0.717, 1.165) is 64.5 Å². The summed E-state index contributed by atoms with van der Waals surface area (Å²) in [5.74, 6) is 2.62. The highest BCUT2D eigenvalue weighted by Gasteiger charge is 2.38. The first-order chi connectivity index (χ1) is 12.2. The van der Waals surface area contributed by atoms with Gasteiger partial charge in [-0.25, -0.2) is 0 Å². The van der Waals surface area contributed by atoms with Crippen molar-refractivity contribution < 1.29 is 4.79 Å². The third-order valence-corrected chi connectivity index (χ3v) is 7.20. The lowest BCUT2D eigenvalue weighted by molar-refractivity contribution is -0.127. The van der Waals surface area contributed by atoms with Crippen molar-refractivity contribution in [1.29, 1.82) is 0 Å². The van der Waals surface area contributed by atoms with Crippen LogP contribution in [0.4, 0.5) is 0 Å². The van der Waals surface area contributed by atoms with Crippen LogP contribution in [0.1, 0.15) is 58.3 Å². The first-order valence-electron chi connectivity index (χ1n) is 10.2. The number of thioether (sulfide) groups is 1. The summed E-state index contributed by atoms with van der Waals surface area (Å²) in [5.41, 5.74) is 0. The molecule has 5 nitrogen and oxygen atoms in total. The molecule has 0 aromatic rings. The molecule has 1 spiro atoms. The summed E-state index contributed by atoms with van der Waals surface area (Å²) in [6.07, 6.45) is 9.64. The number of likely N-dealkylation sites (tertiary alicyclic amines) is 1. The van der Waals surface area contributed by atoms with Gasteiger partial charge in [0.1, 0.15) is 0 Å². The number of carbonyl (C=O) groups is 1. The Hall–Kier alpha value is -0.180. The number of nitrogens with zero attached hydrogens (tertiary/aromatic N) is 3. The lowest BCUT2D eigenvalue weighted by Gasteiger charge is -2.45. The van der Waals surface area contributed by atoms with E-state index < -0.39 is 0 Å². The van der Waals surface area contributed by atoms with Crippen LogP contribution in [0, 0.1) is 0 Å². The molecule has 150 valence electrons. The van der Waals surface area contributed by atoms with Crippen molar-refractivity contribution in [2.24, 2.45) is 4.99 Å². The largest absolute Gasteiger partial charge is 0.357 e. The van der Waals surface area contributed by atoms with Gasteiger partial charge < -0.3 is 15.1 Å². The van der Waals surface area contributed by atoms with Crippen LogP contribution in [0.3, 0.4) is 0 Å². The van der Waals surface area contributed by atoms with E-state index in [1.54, 1.807) is 0 Å². The Kier molecular flexibility index (Phi) is 9.33. The Balaban J connectivity index is 0.00000243. The topological polar surface area (TPSA) is 47.9 Å². The van der Waals surface area contributed by atoms with Gasteiger partial charge in [0.05, 0.1) is 0 Å². The molecule has 0 unspecified atom stereocenters. The minimum Gasteiger partial charge on any atom is -0.357 e. The molecule has 1 saturated carbocycles. The summed E-state index contributed by atoms with van der Waals surface area (Å²) in [4.78, 5) is 21.1. The molecule has 0 bridgehead atoms. The van der Waals surface area contributed by atoms with Crippen molar-refractivity contribution in [2.75, 3.05) is 45.0 Å². The Morgan fingerprint density at radius 3 is 2.73 bits per heavy atom. The maximum absolute atomic E-state index is 11.7. The van der Waals surface area contributed by atoms with Crippen molar-refractivity contribution in [1.82, 2.24) is 15.1 Å². The minimum absolute atomic E-state index is 0. The molecule has 2 aliphatic heterocycles. The second kappa shape index (κ2) is 11.0. The van der Waals surface area contributed by atoms with Gasteiger partial charge in [-0.2, -0.15) is 11.8 Å². The van der Waals surface area contributed by atoms with Gasteiger partial charge in [0.15, 0.2) is 5.96 Å². The van der Waals surface area contributed by atoms with E-state index >= 15 is 0 Å². The van der Waals surface area contributed by atoms with E-state index in [0.29, 0.717) is 10.7 Å². The molecule has 7 heteroatoms. The fraction of sp³-hybridized carbons (Fsp3) is 0.895. The number of nitrogens with one attached hydrogen (secondary N) is 1. The summed E-state index contributed by atoms with van der Waals surface area (Å²) in [5, 5.41) is 3.50. The number of halogens is 1. The van der Waals surface area contributed by atoms with Gasteiger partial charge >= 0.3 is 0 Å². The molecule has 0 aromatic heterocycles. The molecule has 26 heavy (non-hydrogen) atoms. The average Bonchev–Trinajstić information content (AvgIpc) is 3.03. The fourth-order valence-corrected chi connectivity index (χ4v) is 5.91. The number of guanidine groups is 1. The van der Waals surface area contributed by atoms with Crippen molar-refractivity contribution >= 4 is 47.6 Å². The molecule has 1 amide bonds. The molecule has 3 rings (SSSR count). The van der Waals surface area contributed by atoms with Crippen LogP contribution in [0.2, 0.25) is 0 Å². The molecule has 2 heterocycles. The van der Waals surface area contributed by atoms with Crippen LogP contribution >= 0.6 is 35.7 Å². The molecule has 1 N–H and O–H groups in total. The van der Waals surface area contributed by atoms with Gasteiger partial charge in [0, 0.05) is 56.2 Å². The molecular formula is C19H35IN4OS. The van der Waals surface area contributed by atoms with Gasteiger partial charge in [0.2, 0.25) is 5.91 Å². The molecule has 3 fully saturated rings. The van der Waals surface area contributed by atoms with Crippen LogP contribution in [0.25, 0.3) is 0 Å². The SMILES string of the molecule is CCNC(=NCCCN1CCCC1=O)N1CCSC2(CCCCC2)C1.I. The quantitative estimate of drug-likeness (QED) is 0.276. The van der Waals surface area contributed by atoms with E-state index in [1.807, 2.05) is 4.90 Å². The van der Waals surface area contributed by atoms with Gasteiger partial charge in [-0.1, -0.05) is 19.3 Å². The number of amides is 1. The van der Waals surface area contributed by atoms with Gasteiger partial charge in [0.25, 0.3) is 0 Å². The molecule has 1 aliphatic carbocycles. The summed E-state index contributed by atoms with van der Waals surface area (Å²) in [7, 11) is 0. The predicted molar refractivity (Wildman–Crippen MR) is 122 cm³/mol. The smallest absolute Gasteiger partial charge is 0.222 e. The van der Waals surface area contributed by atoms with E-state index in [4.69, 9.17) is 4.99 Å². The van der Waals surface area contributed by atoms with Crippen LogP contribution < -0.4 is 5.32 Å². The third kappa shape index (κ3) is 5.91. The zero-order chi connectivity index (χ0) is 17.5. The van der Waals surface area contributed by atoms with Gasteiger partial charge in [-0.3, -0.25) is 9.79 Å². The van der Waals surface area contributed by atoms with Gasteiger partial charge in [-0.15, -0.1) is 24.0 Å². The zero-order valence-electron chi connectivity index (χ0n) is 16.2. The van der Waals surface area contributed by atoms with Crippen molar-refractivity contribution in [3.63, 3.8) is 0 Å². The normalized spacial score (nSPS) is 23.3. The molecule has 3 aliphatic rings. The Morgan fingerprint density at radius 1 is 1.23 bits per heavy atom. The van der Waals surface area contributed by atoms with Crippen LogP contribution in [-0.2, 0) is 4.79 Å². The summed E-state index contributed by atoms with van der Waals surface area (Å²) >= 11 is 2.20. The number of rotatable bonds is 5. The van der Waals surface area contributed by atoms with Crippen LogP contribution in [0.5, 0.6) is 0 Å². The number of aliphatic imine (C=N–C) groups is 1. The molecule has 0 radical (unpaired) electrons. The molecule has 2 saturated heterocycles. The highest BCUT2D eigenvalue weighted by atomic mass is 127. The number of hydrogen-bond donors (Lipinski definition) is 1. The third-order valence-electron chi connectivity index (χ3n) is 5.67. The maximum atomic E-state index is 11.7. The van der Waals surface area contributed by atoms with Gasteiger partial charge in [-0.05, 0) is 32.6 Å². The van der Waals surface area contributed by atoms with Crippen molar-refractivity contribution in [2.45, 2.75) is 63.0 Å². The molecule has 0 aromatic carbocycles. The van der Waals surface area contributed by atoms with Crippen LogP contribution in [-0.4, -0.2) is 71.4 Å². The second-order valence-electron chi connectivity index (χ2n) is 7.59. The Morgan fingerprint density at radius 2 is 2.04 bits per heavy atom. The van der Waals surface area contributed by atoms with E-state index in [1.165, 1.54) is 37.9 Å². The molecular weight excluding hydrogens is 459 g/mol. The first kappa shape index (κ1) is 22.1. The number of carbonyl (C=O) groups excluding carboxylic acids is 1.